The highest BCUT2D eigenvalue weighted by Crippen LogP contribution is 2.16. The Labute approximate surface area is 146 Å². The Morgan fingerprint density at radius 2 is 2.20 bits per heavy atom. The van der Waals surface area contributed by atoms with Gasteiger partial charge in [-0.3, -0.25) is 9.59 Å². The highest BCUT2D eigenvalue weighted by molar-refractivity contribution is 6.11. The van der Waals surface area contributed by atoms with E-state index < -0.39 is 5.91 Å². The molecule has 7 nitrogen and oxygen atoms in total. The second-order valence-electron chi connectivity index (χ2n) is 5.38. The van der Waals surface area contributed by atoms with E-state index in [1.807, 2.05) is 24.3 Å². The van der Waals surface area contributed by atoms with Gasteiger partial charge < -0.3 is 27.1 Å². The molecule has 2 rings (SSSR count). The van der Waals surface area contributed by atoms with Gasteiger partial charge >= 0.3 is 0 Å². The van der Waals surface area contributed by atoms with E-state index in [2.05, 4.69) is 22.5 Å². The molecule has 1 heterocycles. The van der Waals surface area contributed by atoms with Gasteiger partial charge in [-0.05, 0) is 30.2 Å². The molecule has 0 unspecified atom stereocenters. The van der Waals surface area contributed by atoms with E-state index in [1.165, 1.54) is 6.08 Å². The van der Waals surface area contributed by atoms with Gasteiger partial charge in [0.25, 0.3) is 5.91 Å². The van der Waals surface area contributed by atoms with Crippen molar-refractivity contribution < 1.29 is 9.59 Å². The van der Waals surface area contributed by atoms with Crippen LogP contribution in [0.3, 0.4) is 0 Å². The predicted molar refractivity (Wildman–Crippen MR) is 97.8 cm³/mol. The number of rotatable bonds is 8. The number of carbonyl (C=O) groups excluding carboxylic acids is 2. The number of nitrogens with one attached hydrogen (secondary N) is 4. The monoisotopic (exact) mass is 339 g/mol. The lowest BCUT2D eigenvalue weighted by Crippen LogP contribution is -2.27. The van der Waals surface area contributed by atoms with Crippen LogP contribution in [0.1, 0.15) is 12.0 Å². The Kier molecular flexibility index (Phi) is 6.11. The molecule has 25 heavy (non-hydrogen) atoms. The van der Waals surface area contributed by atoms with Gasteiger partial charge in [0, 0.05) is 25.0 Å². The second-order valence-corrected chi connectivity index (χ2v) is 5.38. The number of carbonyl (C=O) groups is 2. The van der Waals surface area contributed by atoms with Gasteiger partial charge in [-0.2, -0.15) is 0 Å². The maximum Gasteiger partial charge on any atom is 0.252 e. The third-order valence-electron chi connectivity index (χ3n) is 3.61. The third-order valence-corrected chi connectivity index (χ3v) is 3.61. The first-order valence-corrected chi connectivity index (χ1v) is 7.80. The molecule has 2 amide bonds. The number of amides is 2. The maximum atomic E-state index is 11.6. The van der Waals surface area contributed by atoms with E-state index in [9.17, 15) is 9.59 Å². The van der Waals surface area contributed by atoms with Crippen molar-refractivity contribution in [1.29, 1.82) is 5.41 Å². The molecule has 130 valence electrons. The van der Waals surface area contributed by atoms with Crippen LogP contribution in [-0.4, -0.2) is 24.6 Å². The summed E-state index contributed by atoms with van der Waals surface area (Å²) in [6, 6.07) is 7.29. The number of anilines is 1. The maximum absolute atomic E-state index is 11.6. The number of hydrogen-bond acceptors (Lipinski definition) is 5. The summed E-state index contributed by atoms with van der Waals surface area (Å²) in [6.07, 6.45) is 4.95. The minimum absolute atomic E-state index is 0.108. The zero-order valence-electron chi connectivity index (χ0n) is 13.8. The molecule has 6 N–H and O–H groups in total. The first-order valence-electron chi connectivity index (χ1n) is 7.80. The molecule has 1 aliphatic rings. The molecule has 0 fully saturated rings. The van der Waals surface area contributed by atoms with E-state index in [1.54, 1.807) is 6.07 Å². The van der Waals surface area contributed by atoms with Gasteiger partial charge in [-0.15, -0.1) is 0 Å². The van der Waals surface area contributed by atoms with Crippen LogP contribution in [0.5, 0.6) is 0 Å². The van der Waals surface area contributed by atoms with Crippen LogP contribution in [0.2, 0.25) is 0 Å². The molecule has 0 saturated heterocycles. The number of hydrogen-bond donors (Lipinski definition) is 5. The fourth-order valence-corrected chi connectivity index (χ4v) is 2.43. The summed E-state index contributed by atoms with van der Waals surface area (Å²) in [7, 11) is 0. The molecule has 0 radical (unpaired) electrons. The minimum atomic E-state index is -0.668. The Bertz CT molecular complexity index is 764. The molecule has 0 spiro atoms. The molecule has 0 aromatic heterocycles. The molecule has 1 aliphatic heterocycles. The highest BCUT2D eigenvalue weighted by Gasteiger charge is 2.17. The van der Waals surface area contributed by atoms with Crippen LogP contribution in [-0.2, 0) is 16.1 Å². The first kappa shape index (κ1) is 18.0. The number of nitrogens with two attached hydrogens (primary N) is 1. The lowest BCUT2D eigenvalue weighted by atomic mass is 10.1. The van der Waals surface area contributed by atoms with E-state index >= 15 is 0 Å². The molecular formula is C18H21N5O2. The van der Waals surface area contributed by atoms with Crippen LogP contribution in [0.15, 0.2) is 60.0 Å². The van der Waals surface area contributed by atoms with Gasteiger partial charge in [0.05, 0.1) is 17.0 Å². The largest absolute Gasteiger partial charge is 0.383 e. The smallest absolute Gasteiger partial charge is 0.252 e. The summed E-state index contributed by atoms with van der Waals surface area (Å²) in [5.74, 6) is -0.954. The normalized spacial score (nSPS) is 13.8. The zero-order valence-corrected chi connectivity index (χ0v) is 13.8. The number of benzene rings is 1. The van der Waals surface area contributed by atoms with Crippen molar-refractivity contribution >= 4 is 23.7 Å². The van der Waals surface area contributed by atoms with Gasteiger partial charge in [-0.1, -0.05) is 24.8 Å². The first-order chi connectivity index (χ1) is 12.0. The van der Waals surface area contributed by atoms with E-state index in [-0.39, 0.29) is 11.5 Å². The van der Waals surface area contributed by atoms with Crippen molar-refractivity contribution in [3.8, 4) is 0 Å². The van der Waals surface area contributed by atoms with Gasteiger partial charge in [-0.25, -0.2) is 0 Å². The van der Waals surface area contributed by atoms with Crippen molar-refractivity contribution in [2.24, 2.45) is 5.73 Å². The van der Waals surface area contributed by atoms with Crippen LogP contribution < -0.4 is 21.7 Å². The van der Waals surface area contributed by atoms with Crippen molar-refractivity contribution in [3.63, 3.8) is 0 Å². The average molecular weight is 339 g/mol. The third kappa shape index (κ3) is 4.81. The lowest BCUT2D eigenvalue weighted by Gasteiger charge is -2.16. The van der Waals surface area contributed by atoms with Gasteiger partial charge in [0.1, 0.15) is 0 Å². The fourth-order valence-electron chi connectivity index (χ4n) is 2.43. The molecule has 0 bridgehead atoms. The second kappa shape index (κ2) is 8.49. The quantitative estimate of drug-likeness (QED) is 0.360. The van der Waals surface area contributed by atoms with Crippen LogP contribution in [0, 0.1) is 5.41 Å². The average Bonchev–Trinajstić information content (AvgIpc) is 3.12. The Morgan fingerprint density at radius 1 is 1.40 bits per heavy atom. The van der Waals surface area contributed by atoms with Gasteiger partial charge in [0.15, 0.2) is 0 Å². The molecular weight excluding hydrogens is 318 g/mol. The number of primary amides is 1. The SMILES string of the molecule is C=CC(=O)Nc1cccc(CN/C(C2=CCCN2)=C(/C=N)C(N)=O)c1. The molecule has 0 aliphatic carbocycles. The molecule has 1 aromatic rings. The van der Waals surface area contributed by atoms with E-state index in [0.717, 1.165) is 30.4 Å². The minimum Gasteiger partial charge on any atom is -0.383 e. The summed E-state index contributed by atoms with van der Waals surface area (Å²) < 4.78 is 0. The summed E-state index contributed by atoms with van der Waals surface area (Å²) in [6.45, 7) is 4.59. The van der Waals surface area contributed by atoms with Crippen molar-refractivity contribution in [2.75, 3.05) is 11.9 Å². The molecule has 0 atom stereocenters. The van der Waals surface area contributed by atoms with E-state index in [4.69, 9.17) is 11.1 Å². The lowest BCUT2D eigenvalue weighted by molar-refractivity contribution is -0.114. The standard InChI is InChI=1S/C18H21N5O2/c1-2-16(24)23-13-6-3-5-12(9-13)11-22-17(14(10-19)18(20)25)15-7-4-8-21-15/h2-3,5-7,9-10,19,21-22H,1,4,8,11H2,(H2,20,25)(H,23,24)/b17-14-,19-10?. The van der Waals surface area contributed by atoms with Crippen LogP contribution in [0.25, 0.3) is 0 Å². The molecule has 0 saturated carbocycles. The van der Waals surface area contributed by atoms with Crippen LogP contribution >= 0.6 is 0 Å². The summed E-state index contributed by atoms with van der Waals surface area (Å²) >= 11 is 0. The Hall–Kier alpha value is -3.35. The van der Waals surface area contributed by atoms with Crippen molar-refractivity contribution in [2.45, 2.75) is 13.0 Å². The van der Waals surface area contributed by atoms with Crippen molar-refractivity contribution in [3.05, 3.63) is 65.5 Å². The zero-order chi connectivity index (χ0) is 18.2. The van der Waals surface area contributed by atoms with Gasteiger partial charge in [0.2, 0.25) is 5.91 Å². The fraction of sp³-hybridized carbons (Fsp3) is 0.167. The van der Waals surface area contributed by atoms with Crippen LogP contribution in [0.4, 0.5) is 5.69 Å². The summed E-state index contributed by atoms with van der Waals surface area (Å²) in [4.78, 5) is 23.0. The van der Waals surface area contributed by atoms with E-state index in [0.29, 0.717) is 17.9 Å². The topological polar surface area (TPSA) is 120 Å². The Balaban J connectivity index is 2.20. The summed E-state index contributed by atoms with van der Waals surface area (Å²) in [5, 5.41) is 16.5. The highest BCUT2D eigenvalue weighted by atomic mass is 16.1. The van der Waals surface area contributed by atoms with Crippen molar-refractivity contribution in [1.82, 2.24) is 10.6 Å². The summed E-state index contributed by atoms with van der Waals surface area (Å²) in [5.41, 5.74) is 8.29. The molecule has 1 aromatic carbocycles. The Morgan fingerprint density at radius 3 is 2.80 bits per heavy atom. The predicted octanol–water partition coefficient (Wildman–Crippen LogP) is 1.17. The molecule has 7 heteroatoms.